The molecule has 34 valence electrons. The normalized spacial score (nSPS) is 12.3. The first-order valence-electron chi connectivity index (χ1n) is 1.52. The molecule has 0 amide bonds. The Morgan fingerprint density at radius 1 is 2.00 bits per heavy atom. The third-order valence-corrected chi connectivity index (χ3v) is 0.225. The molecule has 0 saturated heterocycles. The van der Waals surface area contributed by atoms with E-state index < -0.39 is 6.23 Å². The summed E-state index contributed by atoms with van der Waals surface area (Å²) in [6.45, 7) is 1.50. The van der Waals surface area contributed by atoms with Gasteiger partial charge in [-0.25, -0.2) is 0 Å². The van der Waals surface area contributed by atoms with Gasteiger partial charge in [0.05, 0.1) is 0 Å². The number of hydrogen-bond acceptors (Lipinski definition) is 1. The minimum Gasteiger partial charge on any atom is -0.439 e. The lowest BCUT2D eigenvalue weighted by molar-refractivity contribution is 0.203. The standard InChI is InChI=1S/C2H5N3O/c1-2(6)4-5-3/h2,6H,1H3/p+1/t2-/m1/s1. The van der Waals surface area contributed by atoms with E-state index in [9.17, 15) is 0 Å². The van der Waals surface area contributed by atoms with Crippen molar-refractivity contribution in [3.63, 3.8) is 0 Å². The van der Waals surface area contributed by atoms with E-state index in [0.717, 1.165) is 0 Å². The summed E-state index contributed by atoms with van der Waals surface area (Å²) in [5.74, 6) is 0. The Kier molecular flexibility index (Phi) is 2.20. The van der Waals surface area contributed by atoms with Gasteiger partial charge in [-0.2, -0.15) is 0 Å². The van der Waals surface area contributed by atoms with E-state index >= 15 is 0 Å². The zero-order valence-electron chi connectivity index (χ0n) is 3.42. The van der Waals surface area contributed by atoms with Crippen molar-refractivity contribution in [2.24, 2.45) is 5.11 Å². The molecule has 0 heterocycles. The molecule has 0 unspecified atom stereocenters. The summed E-state index contributed by atoms with van der Waals surface area (Å²) in [5.41, 5.74) is 7.58. The maximum Gasteiger partial charge on any atom is 0.233 e. The molecule has 0 radical (unpaired) electrons. The highest BCUT2D eigenvalue weighted by Crippen LogP contribution is 1.77. The van der Waals surface area contributed by atoms with E-state index in [1.165, 1.54) is 6.92 Å². The Labute approximate surface area is 35.0 Å². The third kappa shape index (κ3) is 3.27. The number of nitrogens with zero attached hydrogens (tertiary/aromatic N) is 3. The lowest BCUT2D eigenvalue weighted by Gasteiger charge is -1.77. The quantitative estimate of drug-likeness (QED) is 0.192. The largest absolute Gasteiger partial charge is 0.439 e. The van der Waals surface area contributed by atoms with Gasteiger partial charge in [-0.15, -0.1) is 0 Å². The fourth-order valence-electron chi connectivity index (χ4n) is 0.0775. The van der Waals surface area contributed by atoms with Crippen molar-refractivity contribution in [3.05, 3.63) is 10.4 Å². The fourth-order valence-corrected chi connectivity index (χ4v) is 0.0775. The van der Waals surface area contributed by atoms with Crippen LogP contribution in [0.1, 0.15) is 6.92 Å². The highest BCUT2D eigenvalue weighted by atomic mass is 16.3. The van der Waals surface area contributed by atoms with Crippen molar-refractivity contribution >= 4 is 0 Å². The van der Waals surface area contributed by atoms with Crippen molar-refractivity contribution in [1.29, 1.82) is 0 Å². The smallest absolute Gasteiger partial charge is 0.233 e. The van der Waals surface area contributed by atoms with E-state index in [0.29, 0.717) is 0 Å². The Hall–Kier alpha value is -0.730. The molecule has 2 N–H and O–H groups in total. The van der Waals surface area contributed by atoms with Crippen LogP contribution in [0.4, 0.5) is 0 Å². The molecule has 4 nitrogen and oxygen atoms in total. The summed E-state index contributed by atoms with van der Waals surface area (Å²) < 4.78 is 0. The second-order valence-electron chi connectivity index (χ2n) is 0.881. The summed E-state index contributed by atoms with van der Waals surface area (Å²) in [6.07, 6.45) is -0.644. The van der Waals surface area contributed by atoms with Crippen molar-refractivity contribution in [1.82, 2.24) is 0 Å². The fraction of sp³-hybridized carbons (Fsp3) is 1.00. The molecule has 0 saturated carbocycles. The first kappa shape index (κ1) is 5.27. The molecule has 0 aliphatic rings. The molecule has 0 aliphatic carbocycles. The van der Waals surface area contributed by atoms with E-state index in [4.69, 9.17) is 10.6 Å². The zero-order chi connectivity index (χ0) is 4.99. The number of hydrogen-bond donors (Lipinski definition) is 0. The lowest BCUT2D eigenvalue weighted by Crippen LogP contribution is -1.88. The Balaban J connectivity index is 3.29. The van der Waals surface area contributed by atoms with Gasteiger partial charge in [0.25, 0.3) is 0 Å². The Morgan fingerprint density at radius 3 is 2.50 bits per heavy atom. The van der Waals surface area contributed by atoms with Crippen LogP contribution in [0.15, 0.2) is 5.11 Å². The average molecular weight is 88.1 g/mol. The highest BCUT2D eigenvalue weighted by molar-refractivity contribution is 4.42. The van der Waals surface area contributed by atoms with Crippen LogP contribution in [-0.4, -0.2) is 11.3 Å². The molecular weight excluding hydrogens is 82.0 g/mol. The third-order valence-electron chi connectivity index (χ3n) is 0.225. The minimum atomic E-state index is -0.644. The van der Waals surface area contributed by atoms with Crippen molar-refractivity contribution in [2.75, 3.05) is 0 Å². The van der Waals surface area contributed by atoms with E-state index in [1.54, 1.807) is 0 Å². The van der Waals surface area contributed by atoms with Crippen LogP contribution in [0.25, 0.3) is 10.4 Å². The molecule has 6 heavy (non-hydrogen) atoms. The molecule has 0 bridgehead atoms. The topological polar surface area (TPSA) is 71.7 Å². The maximum absolute atomic E-state index is 7.58. The first-order valence-corrected chi connectivity index (χ1v) is 1.52. The van der Waals surface area contributed by atoms with Crippen molar-refractivity contribution in [3.8, 4) is 0 Å². The summed E-state index contributed by atoms with van der Waals surface area (Å²) in [5, 5.41) is 9.53. The first-order chi connectivity index (χ1) is 2.77. The summed E-state index contributed by atoms with van der Waals surface area (Å²) >= 11 is 0. The minimum absolute atomic E-state index is 0.644. The maximum atomic E-state index is 7.58. The van der Waals surface area contributed by atoms with Crippen LogP contribution in [0.5, 0.6) is 0 Å². The predicted molar refractivity (Wildman–Crippen MR) is 22.2 cm³/mol. The van der Waals surface area contributed by atoms with E-state index in [-0.39, 0.29) is 0 Å². The molecule has 0 aromatic carbocycles. The molecule has 0 aromatic rings. The van der Waals surface area contributed by atoms with Gasteiger partial charge >= 0.3 is 0 Å². The van der Waals surface area contributed by atoms with Gasteiger partial charge in [0.15, 0.2) is 0 Å². The molecule has 1 atom stereocenters. The van der Waals surface area contributed by atoms with E-state index in [2.05, 4.69) is 10.0 Å². The highest BCUT2D eigenvalue weighted by Gasteiger charge is 1.86. The SMILES string of the molecule is C[C@@H]([OH2+])N=[N+]=[N-]. The van der Waals surface area contributed by atoms with E-state index in [1.807, 2.05) is 0 Å². The summed E-state index contributed by atoms with van der Waals surface area (Å²) in [4.78, 5) is 2.37. The number of azide groups is 1. The van der Waals surface area contributed by atoms with Gasteiger partial charge in [-0.3, -0.25) is 0 Å². The number of rotatable bonds is 1. The second kappa shape index (κ2) is 2.50. The van der Waals surface area contributed by atoms with Gasteiger partial charge in [0.1, 0.15) is 0 Å². The summed E-state index contributed by atoms with van der Waals surface area (Å²) in [6, 6.07) is 0. The van der Waals surface area contributed by atoms with Gasteiger partial charge in [0, 0.05) is 11.8 Å². The van der Waals surface area contributed by atoms with Crippen molar-refractivity contribution in [2.45, 2.75) is 13.2 Å². The molecule has 0 rings (SSSR count). The van der Waals surface area contributed by atoms with Crippen LogP contribution >= 0.6 is 0 Å². The van der Waals surface area contributed by atoms with Crippen LogP contribution in [0.3, 0.4) is 0 Å². The molecule has 0 spiro atoms. The lowest BCUT2D eigenvalue weighted by atomic mass is 10.7. The molecule has 0 aromatic heterocycles. The molecule has 0 aliphatic heterocycles. The van der Waals surface area contributed by atoms with Crippen LogP contribution < -0.4 is 0 Å². The monoisotopic (exact) mass is 88.1 g/mol. The van der Waals surface area contributed by atoms with Gasteiger partial charge < -0.3 is 5.11 Å². The molecule has 4 heteroatoms. The summed E-state index contributed by atoms with van der Waals surface area (Å²) in [7, 11) is 0. The Morgan fingerprint density at radius 2 is 2.50 bits per heavy atom. The zero-order valence-corrected chi connectivity index (χ0v) is 3.42. The van der Waals surface area contributed by atoms with Gasteiger partial charge in [-0.1, -0.05) is 0 Å². The van der Waals surface area contributed by atoms with Crippen molar-refractivity contribution < 1.29 is 5.11 Å². The van der Waals surface area contributed by atoms with Crippen LogP contribution in [-0.2, 0) is 0 Å². The second-order valence-corrected chi connectivity index (χ2v) is 0.881. The van der Waals surface area contributed by atoms with Crippen LogP contribution in [0, 0.1) is 0 Å². The predicted octanol–water partition coefficient (Wildman–Crippen LogP) is 0.367. The van der Waals surface area contributed by atoms with Gasteiger partial charge in [0.2, 0.25) is 6.23 Å². The van der Waals surface area contributed by atoms with Gasteiger partial charge in [-0.05, 0) is 10.6 Å². The Bertz CT molecular complexity index is 72.9. The molecular formula is C2H6N3O+. The average Bonchev–Trinajstić information content (AvgIpc) is 1.35. The molecule has 0 fully saturated rings. The van der Waals surface area contributed by atoms with Crippen LogP contribution in [0.2, 0.25) is 0 Å².